The maximum absolute atomic E-state index is 13.4. The van der Waals surface area contributed by atoms with Crippen LogP contribution in [0.3, 0.4) is 0 Å². The molecule has 0 radical (unpaired) electrons. The number of nitrogens with two attached hydrogens (primary N) is 1. The fourth-order valence-corrected chi connectivity index (χ4v) is 5.95. The minimum atomic E-state index is -0.0711. The van der Waals surface area contributed by atoms with Gasteiger partial charge in [0.15, 0.2) is 4.80 Å². The van der Waals surface area contributed by atoms with Crippen LogP contribution in [0.15, 0.2) is 58.9 Å². The third kappa shape index (κ3) is 6.05. The van der Waals surface area contributed by atoms with Crippen molar-refractivity contribution in [2.45, 2.75) is 59.0 Å². The van der Waals surface area contributed by atoms with Gasteiger partial charge in [-0.25, -0.2) is 4.99 Å². The van der Waals surface area contributed by atoms with Gasteiger partial charge in [0.25, 0.3) is 5.91 Å². The van der Waals surface area contributed by atoms with Crippen LogP contribution in [0.25, 0.3) is 0 Å². The smallest absolute Gasteiger partial charge is 0.269 e. The summed E-state index contributed by atoms with van der Waals surface area (Å²) < 4.78 is 2.14. The average molecular weight is 477 g/mol. The summed E-state index contributed by atoms with van der Waals surface area (Å²) in [5.74, 6) is 1.03. The van der Waals surface area contributed by atoms with Gasteiger partial charge in [-0.15, -0.1) is 11.3 Å². The van der Waals surface area contributed by atoms with Crippen molar-refractivity contribution in [1.29, 1.82) is 0 Å². The van der Waals surface area contributed by atoms with E-state index in [9.17, 15) is 4.79 Å². The van der Waals surface area contributed by atoms with Crippen molar-refractivity contribution >= 4 is 22.9 Å². The van der Waals surface area contributed by atoms with Crippen molar-refractivity contribution in [1.82, 2.24) is 9.88 Å². The van der Waals surface area contributed by atoms with Gasteiger partial charge in [-0.1, -0.05) is 42.8 Å². The Balaban J connectivity index is 1.66. The van der Waals surface area contributed by atoms with Crippen molar-refractivity contribution < 1.29 is 4.79 Å². The number of carbonyl (C=O) groups excluding carboxylic acids is 1. The van der Waals surface area contributed by atoms with E-state index in [0.717, 1.165) is 35.6 Å². The fourth-order valence-electron chi connectivity index (χ4n) is 5.04. The molecule has 1 aliphatic rings. The summed E-state index contributed by atoms with van der Waals surface area (Å²) in [5, 5.41) is 5.15. The molecule has 1 fully saturated rings. The Morgan fingerprint density at radius 3 is 2.56 bits per heavy atom. The zero-order valence-electron chi connectivity index (χ0n) is 20.5. The highest BCUT2D eigenvalue weighted by Crippen LogP contribution is 2.30. The number of benzene rings is 2. The van der Waals surface area contributed by atoms with Gasteiger partial charge in [0, 0.05) is 11.9 Å². The zero-order valence-corrected chi connectivity index (χ0v) is 21.3. The van der Waals surface area contributed by atoms with E-state index in [4.69, 9.17) is 10.7 Å². The molecule has 2 aromatic carbocycles. The lowest BCUT2D eigenvalue weighted by Gasteiger charge is -2.29. The number of nitrogens with one attached hydrogen (secondary N) is 1. The minimum Gasteiger partial charge on any atom is -0.344 e. The van der Waals surface area contributed by atoms with Gasteiger partial charge in [-0.2, -0.15) is 0 Å². The Hall–Kier alpha value is -2.70. The summed E-state index contributed by atoms with van der Waals surface area (Å²) in [6, 6.07) is 16.4. The highest BCUT2D eigenvalue weighted by atomic mass is 32.1. The lowest BCUT2D eigenvalue weighted by Crippen LogP contribution is -2.33. The molecule has 1 aliphatic carbocycles. The number of amides is 1. The molecule has 0 saturated heterocycles. The Morgan fingerprint density at radius 2 is 1.85 bits per heavy atom. The molecule has 5 nitrogen and oxygen atoms in total. The van der Waals surface area contributed by atoms with E-state index in [0.29, 0.717) is 17.5 Å². The van der Waals surface area contributed by atoms with Crippen LogP contribution in [0.5, 0.6) is 0 Å². The summed E-state index contributed by atoms with van der Waals surface area (Å²) in [7, 11) is 0. The molecule has 1 saturated carbocycles. The molecule has 1 heterocycles. The minimum absolute atomic E-state index is 0.0549. The summed E-state index contributed by atoms with van der Waals surface area (Å²) >= 11 is 1.54. The summed E-state index contributed by atoms with van der Waals surface area (Å²) in [5.41, 5.74) is 11.1. The van der Waals surface area contributed by atoms with E-state index in [-0.39, 0.29) is 11.9 Å². The molecule has 1 amide bonds. The second-order valence-electron chi connectivity index (χ2n) is 9.71. The van der Waals surface area contributed by atoms with Crippen LogP contribution in [0.2, 0.25) is 0 Å². The molecular formula is C28H36N4OS. The first kappa shape index (κ1) is 24.4. The summed E-state index contributed by atoms with van der Waals surface area (Å²) in [6.45, 7) is 7.75. The molecular weight excluding hydrogens is 440 g/mol. The predicted molar refractivity (Wildman–Crippen MR) is 140 cm³/mol. The largest absolute Gasteiger partial charge is 0.344 e. The number of carbonyl (C=O) groups is 1. The molecule has 4 rings (SSSR count). The molecule has 3 unspecified atom stereocenters. The molecule has 6 heteroatoms. The average Bonchev–Trinajstić information content (AvgIpc) is 3.21. The van der Waals surface area contributed by atoms with E-state index in [1.54, 1.807) is 0 Å². The van der Waals surface area contributed by atoms with E-state index in [1.807, 2.05) is 42.6 Å². The second-order valence-corrected chi connectivity index (χ2v) is 10.5. The van der Waals surface area contributed by atoms with Crippen LogP contribution in [-0.4, -0.2) is 17.0 Å². The maximum atomic E-state index is 13.4. The van der Waals surface area contributed by atoms with Crippen LogP contribution in [0, 0.1) is 25.7 Å². The Labute approximate surface area is 206 Å². The molecule has 0 spiro atoms. The number of rotatable bonds is 7. The van der Waals surface area contributed by atoms with E-state index in [2.05, 4.69) is 41.9 Å². The molecule has 180 valence electrons. The van der Waals surface area contributed by atoms with Crippen LogP contribution in [0.4, 0.5) is 5.69 Å². The van der Waals surface area contributed by atoms with Gasteiger partial charge in [0.05, 0.1) is 11.7 Å². The number of aromatic nitrogens is 1. The normalized spacial score (nSPS) is 19.7. The van der Waals surface area contributed by atoms with Gasteiger partial charge in [0.1, 0.15) is 5.69 Å². The standard InChI is InChI=1S/C28H36N4OS/c1-19-12-20(2)14-25(13-19)31-28-32(17-23-9-7-8-22(15-23)16-29)26(18-34-28)27(33)30-21(3)24-10-5-4-6-11-24/h4-6,10-14,18,21-23H,7-9,15-17,29H2,1-3H3,(H,30,33). The SMILES string of the molecule is Cc1cc(C)cc(N=c2scc(C(=O)NC(C)c3ccccc3)n2CC2CCCC(CN)C2)c1. The fraction of sp³-hybridized carbons (Fsp3) is 0.429. The van der Waals surface area contributed by atoms with Crippen LogP contribution in [-0.2, 0) is 6.54 Å². The third-order valence-electron chi connectivity index (χ3n) is 6.77. The van der Waals surface area contributed by atoms with Crippen molar-refractivity contribution in [2.75, 3.05) is 6.54 Å². The monoisotopic (exact) mass is 476 g/mol. The highest BCUT2D eigenvalue weighted by molar-refractivity contribution is 7.07. The first-order valence-electron chi connectivity index (χ1n) is 12.3. The topological polar surface area (TPSA) is 72.4 Å². The lowest BCUT2D eigenvalue weighted by molar-refractivity contribution is 0.0927. The molecule has 0 aliphatic heterocycles. The zero-order chi connectivity index (χ0) is 24.1. The van der Waals surface area contributed by atoms with E-state index < -0.39 is 0 Å². The van der Waals surface area contributed by atoms with Gasteiger partial charge in [-0.3, -0.25) is 4.79 Å². The number of thiazole rings is 1. The quantitative estimate of drug-likeness (QED) is 0.462. The van der Waals surface area contributed by atoms with Crippen LogP contribution < -0.4 is 15.9 Å². The highest BCUT2D eigenvalue weighted by Gasteiger charge is 2.24. The second kappa shape index (κ2) is 11.2. The predicted octanol–water partition coefficient (Wildman–Crippen LogP) is 5.65. The summed E-state index contributed by atoms with van der Waals surface area (Å²) in [6.07, 6.45) is 4.70. The Bertz CT molecular complexity index is 1160. The van der Waals surface area contributed by atoms with Crippen molar-refractivity contribution in [3.05, 3.63) is 81.1 Å². The number of aryl methyl sites for hydroxylation is 2. The van der Waals surface area contributed by atoms with Gasteiger partial charge in [-0.05, 0) is 87.2 Å². The maximum Gasteiger partial charge on any atom is 0.269 e. The van der Waals surface area contributed by atoms with Gasteiger partial charge >= 0.3 is 0 Å². The first-order chi connectivity index (χ1) is 16.4. The number of nitrogens with zero attached hydrogens (tertiary/aromatic N) is 2. The Kier molecular flexibility index (Phi) is 8.01. The van der Waals surface area contributed by atoms with Gasteiger partial charge < -0.3 is 15.6 Å². The van der Waals surface area contributed by atoms with Crippen molar-refractivity contribution in [3.8, 4) is 0 Å². The third-order valence-corrected chi connectivity index (χ3v) is 7.64. The lowest BCUT2D eigenvalue weighted by atomic mass is 9.81. The van der Waals surface area contributed by atoms with Crippen LogP contribution >= 0.6 is 11.3 Å². The molecule has 3 aromatic rings. The molecule has 34 heavy (non-hydrogen) atoms. The van der Waals surface area contributed by atoms with E-state index >= 15 is 0 Å². The number of hydrogen-bond acceptors (Lipinski definition) is 4. The Morgan fingerprint density at radius 1 is 1.15 bits per heavy atom. The molecule has 3 atom stereocenters. The van der Waals surface area contributed by atoms with Crippen molar-refractivity contribution in [2.24, 2.45) is 22.6 Å². The number of hydrogen-bond donors (Lipinski definition) is 2. The molecule has 3 N–H and O–H groups in total. The van der Waals surface area contributed by atoms with Crippen LogP contribution in [0.1, 0.15) is 65.8 Å². The molecule has 0 bridgehead atoms. The first-order valence-corrected chi connectivity index (χ1v) is 13.2. The van der Waals surface area contributed by atoms with E-state index in [1.165, 1.54) is 41.7 Å². The van der Waals surface area contributed by atoms with Gasteiger partial charge in [0.2, 0.25) is 0 Å². The molecule has 1 aromatic heterocycles. The van der Waals surface area contributed by atoms with Crippen molar-refractivity contribution in [3.63, 3.8) is 0 Å². The summed E-state index contributed by atoms with van der Waals surface area (Å²) in [4.78, 5) is 19.3.